The van der Waals surface area contributed by atoms with Crippen molar-refractivity contribution in [1.82, 2.24) is 4.98 Å². The second-order valence-electron chi connectivity index (χ2n) is 4.32. The molecule has 0 fully saturated rings. The summed E-state index contributed by atoms with van der Waals surface area (Å²) in [5.41, 5.74) is 0.193. The van der Waals surface area contributed by atoms with E-state index >= 15 is 0 Å². The summed E-state index contributed by atoms with van der Waals surface area (Å²) < 4.78 is 27.0. The molecule has 0 spiro atoms. The topological polar surface area (TPSA) is 67.3 Å². The van der Waals surface area contributed by atoms with Crippen LogP contribution in [-0.2, 0) is 9.59 Å². The summed E-state index contributed by atoms with van der Waals surface area (Å²) in [6.45, 7) is 0. The zero-order valence-electron chi connectivity index (χ0n) is 11.2. The van der Waals surface area contributed by atoms with Gasteiger partial charge in [0.1, 0.15) is 21.9 Å². The Morgan fingerprint density at radius 1 is 1.13 bits per heavy atom. The number of carboxylic acid groups (broad SMARTS) is 1. The monoisotopic (exact) mass is 357 g/mol. The lowest BCUT2D eigenvalue weighted by Crippen LogP contribution is -2.08. The molecule has 2 rings (SSSR count). The van der Waals surface area contributed by atoms with Gasteiger partial charge in [0.25, 0.3) is 5.78 Å². The highest BCUT2D eigenvalue weighted by Gasteiger charge is 2.15. The average Bonchev–Trinajstić information content (AvgIpc) is 2.45. The Kier molecular flexibility index (Phi) is 5.08. The number of carboxylic acids is 1. The van der Waals surface area contributed by atoms with Gasteiger partial charge in [0, 0.05) is 17.2 Å². The van der Waals surface area contributed by atoms with Gasteiger partial charge in [-0.2, -0.15) is 0 Å². The van der Waals surface area contributed by atoms with Crippen molar-refractivity contribution in [3.05, 3.63) is 57.8 Å². The second kappa shape index (κ2) is 6.85. The van der Waals surface area contributed by atoms with Crippen molar-refractivity contribution in [3.63, 3.8) is 0 Å². The van der Waals surface area contributed by atoms with Crippen LogP contribution < -0.4 is 0 Å². The van der Waals surface area contributed by atoms with Crippen LogP contribution >= 0.6 is 23.2 Å². The third-order valence-corrected chi connectivity index (χ3v) is 3.30. The fraction of sp³-hybridized carbons (Fsp3) is 0. The van der Waals surface area contributed by atoms with Gasteiger partial charge in [-0.3, -0.25) is 4.79 Å². The highest BCUT2D eigenvalue weighted by molar-refractivity contribution is 6.39. The molecule has 0 amide bonds. The molecule has 0 atom stereocenters. The summed E-state index contributed by atoms with van der Waals surface area (Å²) in [7, 11) is 0. The van der Waals surface area contributed by atoms with Crippen LogP contribution in [0.25, 0.3) is 17.2 Å². The third kappa shape index (κ3) is 3.91. The molecule has 0 saturated heterocycles. The first-order valence-corrected chi connectivity index (χ1v) is 6.82. The fourth-order valence-corrected chi connectivity index (χ4v) is 2.31. The van der Waals surface area contributed by atoms with Crippen molar-refractivity contribution >= 4 is 41.0 Å². The molecular weight excluding hydrogens is 351 g/mol. The zero-order valence-corrected chi connectivity index (χ0v) is 12.7. The molecule has 2 aromatic rings. The molecule has 0 aliphatic carbocycles. The van der Waals surface area contributed by atoms with Crippen LogP contribution in [0.1, 0.15) is 5.56 Å². The summed E-state index contributed by atoms with van der Waals surface area (Å²) in [6.07, 6.45) is 1.84. The SMILES string of the molecule is O=C(O)C(=O)/C=C/c1c(-c2ccc(F)cc2F)cc(Cl)nc1Cl. The molecule has 1 N–H and O–H groups in total. The maximum absolute atomic E-state index is 14.0. The second-order valence-corrected chi connectivity index (χ2v) is 5.07. The lowest BCUT2D eigenvalue weighted by Gasteiger charge is -2.10. The third-order valence-electron chi connectivity index (χ3n) is 2.81. The van der Waals surface area contributed by atoms with E-state index in [1.54, 1.807) is 0 Å². The Hall–Kier alpha value is -2.31. The standard InChI is InChI=1S/C15H7Cl2F2NO3/c16-13-6-10(8-2-1-7(18)5-11(8)19)9(14(17)20-13)3-4-12(21)15(22)23/h1-6H,(H,22,23)/b4-3+. The number of pyridine rings is 1. The van der Waals surface area contributed by atoms with E-state index in [2.05, 4.69) is 4.98 Å². The number of rotatable bonds is 4. The van der Waals surface area contributed by atoms with Crippen LogP contribution in [0.3, 0.4) is 0 Å². The predicted octanol–water partition coefficient (Wildman–Crippen LogP) is 4.00. The maximum atomic E-state index is 14.0. The van der Waals surface area contributed by atoms with Gasteiger partial charge in [-0.05, 0) is 35.9 Å². The molecule has 0 aliphatic rings. The Labute approximate surface area is 139 Å². The molecule has 4 nitrogen and oxygen atoms in total. The van der Waals surface area contributed by atoms with E-state index in [9.17, 15) is 18.4 Å². The number of carbonyl (C=O) groups excluding carboxylic acids is 1. The van der Waals surface area contributed by atoms with Crippen LogP contribution in [0.15, 0.2) is 30.3 Å². The number of benzene rings is 1. The quantitative estimate of drug-likeness (QED) is 0.510. The highest BCUT2D eigenvalue weighted by atomic mass is 35.5. The van der Waals surface area contributed by atoms with Crippen molar-refractivity contribution < 1.29 is 23.5 Å². The van der Waals surface area contributed by atoms with E-state index < -0.39 is 23.4 Å². The van der Waals surface area contributed by atoms with Gasteiger partial charge in [-0.1, -0.05) is 23.2 Å². The van der Waals surface area contributed by atoms with E-state index in [-0.39, 0.29) is 27.0 Å². The normalized spacial score (nSPS) is 11.0. The van der Waals surface area contributed by atoms with Crippen LogP contribution in [-0.4, -0.2) is 21.8 Å². The number of aromatic nitrogens is 1. The lowest BCUT2D eigenvalue weighted by molar-refractivity contribution is -0.146. The molecule has 0 bridgehead atoms. The van der Waals surface area contributed by atoms with Crippen LogP contribution in [0.2, 0.25) is 10.3 Å². The molecule has 8 heteroatoms. The van der Waals surface area contributed by atoms with E-state index in [1.807, 2.05) is 0 Å². The van der Waals surface area contributed by atoms with Crippen molar-refractivity contribution in [1.29, 1.82) is 0 Å². The molecule has 0 aliphatic heterocycles. The lowest BCUT2D eigenvalue weighted by atomic mass is 10.0. The van der Waals surface area contributed by atoms with Gasteiger partial charge < -0.3 is 5.11 Å². The summed E-state index contributed by atoms with van der Waals surface area (Å²) in [5.74, 6) is -4.49. The zero-order chi connectivity index (χ0) is 17.1. The number of hydrogen-bond donors (Lipinski definition) is 1. The number of carbonyl (C=O) groups is 2. The summed E-state index contributed by atoms with van der Waals surface area (Å²) in [6, 6.07) is 4.15. The molecule has 0 unspecified atom stereocenters. The summed E-state index contributed by atoms with van der Waals surface area (Å²) >= 11 is 11.7. The highest BCUT2D eigenvalue weighted by Crippen LogP contribution is 2.33. The number of halogens is 4. The van der Waals surface area contributed by atoms with Gasteiger partial charge in [-0.25, -0.2) is 18.6 Å². The Bertz CT molecular complexity index is 838. The Morgan fingerprint density at radius 3 is 2.43 bits per heavy atom. The van der Waals surface area contributed by atoms with Crippen LogP contribution in [0.4, 0.5) is 8.78 Å². The molecule has 0 saturated carbocycles. The Morgan fingerprint density at radius 2 is 1.83 bits per heavy atom. The minimum atomic E-state index is -1.66. The van der Waals surface area contributed by atoms with Gasteiger partial charge in [0.05, 0.1) is 0 Å². The maximum Gasteiger partial charge on any atom is 0.376 e. The molecule has 118 valence electrons. The van der Waals surface area contributed by atoms with Gasteiger partial charge in [0.15, 0.2) is 0 Å². The summed E-state index contributed by atoms with van der Waals surface area (Å²) in [4.78, 5) is 25.4. The average molecular weight is 358 g/mol. The van der Waals surface area contributed by atoms with E-state index in [0.29, 0.717) is 6.07 Å². The first-order valence-electron chi connectivity index (χ1n) is 6.06. The number of aliphatic carboxylic acids is 1. The number of ketones is 1. The van der Waals surface area contributed by atoms with Crippen LogP contribution in [0.5, 0.6) is 0 Å². The largest absolute Gasteiger partial charge is 0.475 e. The minimum Gasteiger partial charge on any atom is -0.475 e. The minimum absolute atomic E-state index is 0.0278. The van der Waals surface area contributed by atoms with Gasteiger partial charge >= 0.3 is 5.97 Å². The number of nitrogens with zero attached hydrogens (tertiary/aromatic N) is 1. The molecule has 23 heavy (non-hydrogen) atoms. The summed E-state index contributed by atoms with van der Waals surface area (Å²) in [5, 5.41) is 8.35. The van der Waals surface area contributed by atoms with Crippen molar-refractivity contribution in [2.45, 2.75) is 0 Å². The molecule has 0 radical (unpaired) electrons. The smallest absolute Gasteiger partial charge is 0.376 e. The fourth-order valence-electron chi connectivity index (χ4n) is 1.81. The van der Waals surface area contributed by atoms with Crippen LogP contribution in [0, 0.1) is 11.6 Å². The first kappa shape index (κ1) is 17.1. The van der Waals surface area contributed by atoms with Gasteiger partial charge in [-0.15, -0.1) is 0 Å². The molecular formula is C15H7Cl2F2NO3. The van der Waals surface area contributed by atoms with Crippen molar-refractivity contribution in [2.75, 3.05) is 0 Å². The van der Waals surface area contributed by atoms with E-state index in [0.717, 1.165) is 18.2 Å². The van der Waals surface area contributed by atoms with Crippen molar-refractivity contribution in [2.24, 2.45) is 0 Å². The van der Waals surface area contributed by atoms with E-state index in [1.165, 1.54) is 12.1 Å². The molecule has 1 heterocycles. The van der Waals surface area contributed by atoms with Gasteiger partial charge in [0.2, 0.25) is 0 Å². The first-order chi connectivity index (χ1) is 10.8. The molecule has 1 aromatic carbocycles. The number of hydrogen-bond acceptors (Lipinski definition) is 3. The van der Waals surface area contributed by atoms with E-state index in [4.69, 9.17) is 28.3 Å². The van der Waals surface area contributed by atoms with Crippen molar-refractivity contribution in [3.8, 4) is 11.1 Å². The predicted molar refractivity (Wildman–Crippen MR) is 81.3 cm³/mol. The Balaban J connectivity index is 2.63. The molecule has 1 aromatic heterocycles.